The summed E-state index contributed by atoms with van der Waals surface area (Å²) in [6, 6.07) is 13.9. The highest BCUT2D eigenvalue weighted by atomic mass is 32.1. The zero-order chi connectivity index (χ0) is 17.8. The van der Waals surface area contributed by atoms with Gasteiger partial charge >= 0.3 is 5.97 Å². The largest absolute Gasteiger partial charge is 0.482 e. The van der Waals surface area contributed by atoms with Gasteiger partial charge in [0.15, 0.2) is 6.61 Å². The molecule has 0 radical (unpaired) electrons. The number of aryl methyl sites for hydroxylation is 1. The molecule has 0 atom stereocenters. The fraction of sp³-hybridized carbons (Fsp3) is 0.300. The van der Waals surface area contributed by atoms with Gasteiger partial charge < -0.3 is 9.47 Å². The number of hydrogen-bond donors (Lipinski definition) is 0. The van der Waals surface area contributed by atoms with Crippen molar-refractivity contribution in [1.82, 2.24) is 4.98 Å². The molecule has 0 bridgehead atoms. The maximum atomic E-state index is 12.0. The molecule has 0 spiro atoms. The Morgan fingerprint density at radius 1 is 1.20 bits per heavy atom. The molecule has 130 valence electrons. The van der Waals surface area contributed by atoms with Crippen LogP contribution in [0.1, 0.15) is 35.9 Å². The fourth-order valence-corrected chi connectivity index (χ4v) is 3.31. The lowest BCUT2D eigenvalue weighted by Gasteiger charge is -2.12. The van der Waals surface area contributed by atoms with E-state index in [2.05, 4.69) is 24.9 Å². The summed E-state index contributed by atoms with van der Waals surface area (Å²) >= 11 is 1.53. The van der Waals surface area contributed by atoms with Gasteiger partial charge in [0.2, 0.25) is 0 Å². The average molecular weight is 355 g/mol. The van der Waals surface area contributed by atoms with E-state index in [1.54, 1.807) is 0 Å². The molecule has 0 fully saturated rings. The molecule has 0 saturated heterocycles. The predicted molar refractivity (Wildman–Crippen MR) is 100 cm³/mol. The van der Waals surface area contributed by atoms with Gasteiger partial charge in [-0.2, -0.15) is 0 Å². The summed E-state index contributed by atoms with van der Waals surface area (Å²) in [6.07, 6.45) is 0. The molecule has 0 unspecified atom stereocenters. The second-order valence-corrected chi connectivity index (χ2v) is 7.32. The van der Waals surface area contributed by atoms with E-state index in [4.69, 9.17) is 9.47 Å². The molecule has 0 aliphatic rings. The Morgan fingerprint density at radius 2 is 2.00 bits per heavy atom. The van der Waals surface area contributed by atoms with Crippen molar-refractivity contribution in [2.75, 3.05) is 6.61 Å². The van der Waals surface area contributed by atoms with E-state index in [9.17, 15) is 4.79 Å². The minimum Gasteiger partial charge on any atom is -0.482 e. The second-order valence-electron chi connectivity index (χ2n) is 6.20. The number of carbonyl (C=O) groups excluding carboxylic acids is 1. The van der Waals surface area contributed by atoms with E-state index < -0.39 is 5.97 Å². The molecule has 5 heteroatoms. The molecule has 4 nitrogen and oxygen atoms in total. The van der Waals surface area contributed by atoms with Crippen LogP contribution >= 0.6 is 11.3 Å². The number of fused-ring (bicyclic) bond motifs is 1. The lowest BCUT2D eigenvalue weighted by Crippen LogP contribution is -2.15. The van der Waals surface area contributed by atoms with E-state index >= 15 is 0 Å². The molecule has 3 rings (SSSR count). The van der Waals surface area contributed by atoms with Crippen LogP contribution in [0.3, 0.4) is 0 Å². The Morgan fingerprint density at radius 3 is 2.76 bits per heavy atom. The van der Waals surface area contributed by atoms with E-state index in [1.165, 1.54) is 16.9 Å². The molecule has 0 amide bonds. The molecule has 1 heterocycles. The van der Waals surface area contributed by atoms with Gasteiger partial charge in [-0.15, -0.1) is 11.3 Å². The van der Waals surface area contributed by atoms with Crippen LogP contribution in [0, 0.1) is 6.92 Å². The van der Waals surface area contributed by atoms with Gasteiger partial charge in [-0.25, -0.2) is 9.78 Å². The van der Waals surface area contributed by atoms with Gasteiger partial charge in [0.25, 0.3) is 0 Å². The number of ether oxygens (including phenoxy) is 2. The summed E-state index contributed by atoms with van der Waals surface area (Å²) in [6.45, 7) is 6.28. The highest BCUT2D eigenvalue weighted by Crippen LogP contribution is 2.24. The van der Waals surface area contributed by atoms with Crippen molar-refractivity contribution in [3.63, 3.8) is 0 Å². The van der Waals surface area contributed by atoms with E-state index in [1.807, 2.05) is 43.3 Å². The average Bonchev–Trinajstić information content (AvgIpc) is 3.02. The summed E-state index contributed by atoms with van der Waals surface area (Å²) < 4.78 is 12.0. The van der Waals surface area contributed by atoms with Crippen LogP contribution in [0.5, 0.6) is 5.75 Å². The summed E-state index contributed by atoms with van der Waals surface area (Å²) in [7, 11) is 0. The number of para-hydroxylation sites is 1. The lowest BCUT2D eigenvalue weighted by molar-refractivity contribution is -0.147. The first-order valence-corrected chi connectivity index (χ1v) is 9.08. The van der Waals surface area contributed by atoms with Gasteiger partial charge in [-0.1, -0.05) is 38.1 Å². The quantitative estimate of drug-likeness (QED) is 0.593. The third-order valence-electron chi connectivity index (χ3n) is 3.92. The highest BCUT2D eigenvalue weighted by Gasteiger charge is 2.10. The van der Waals surface area contributed by atoms with Crippen molar-refractivity contribution in [2.45, 2.75) is 33.3 Å². The summed E-state index contributed by atoms with van der Waals surface area (Å²) in [5.41, 5.74) is 3.11. The van der Waals surface area contributed by atoms with Crippen LogP contribution in [0.4, 0.5) is 0 Å². The zero-order valence-electron chi connectivity index (χ0n) is 14.6. The Bertz CT molecular complexity index is 853. The summed E-state index contributed by atoms with van der Waals surface area (Å²) in [5.74, 6) is 0.741. The van der Waals surface area contributed by atoms with Crippen molar-refractivity contribution in [3.05, 3.63) is 58.6 Å². The molecule has 0 saturated carbocycles. The van der Waals surface area contributed by atoms with Crippen LogP contribution in [-0.4, -0.2) is 17.6 Å². The standard InChI is InChI=1S/C20H21NO3S/c1-13(2)15-9-8-14(3)17(10-15)23-12-20(22)24-11-19-21-16-6-4-5-7-18(16)25-19/h4-10,13H,11-12H2,1-3H3. The molecule has 1 aromatic heterocycles. The monoisotopic (exact) mass is 355 g/mol. The van der Waals surface area contributed by atoms with Gasteiger partial charge in [0.05, 0.1) is 10.2 Å². The molecule has 2 aromatic carbocycles. The van der Waals surface area contributed by atoms with Crippen molar-refractivity contribution < 1.29 is 14.3 Å². The Hall–Kier alpha value is -2.40. The Kier molecular flexibility index (Phi) is 5.34. The Balaban J connectivity index is 1.55. The third kappa shape index (κ3) is 4.37. The molecule has 0 aliphatic heterocycles. The first-order chi connectivity index (χ1) is 12.0. The highest BCUT2D eigenvalue weighted by molar-refractivity contribution is 7.18. The van der Waals surface area contributed by atoms with Crippen LogP contribution in [0.15, 0.2) is 42.5 Å². The number of benzene rings is 2. The summed E-state index contributed by atoms with van der Waals surface area (Å²) in [4.78, 5) is 16.4. The van der Waals surface area contributed by atoms with Crippen LogP contribution < -0.4 is 4.74 Å². The summed E-state index contributed by atoms with van der Waals surface area (Å²) in [5, 5.41) is 0.785. The lowest BCUT2D eigenvalue weighted by atomic mass is 10.0. The third-order valence-corrected chi connectivity index (χ3v) is 4.93. The van der Waals surface area contributed by atoms with Crippen molar-refractivity contribution in [1.29, 1.82) is 0 Å². The number of thiazole rings is 1. The van der Waals surface area contributed by atoms with Crippen molar-refractivity contribution in [2.24, 2.45) is 0 Å². The molecular formula is C20H21NO3S. The normalized spacial score (nSPS) is 11.0. The van der Waals surface area contributed by atoms with Crippen LogP contribution in [-0.2, 0) is 16.1 Å². The maximum absolute atomic E-state index is 12.0. The van der Waals surface area contributed by atoms with Crippen molar-refractivity contribution >= 4 is 27.5 Å². The number of nitrogens with zero attached hydrogens (tertiary/aromatic N) is 1. The molecule has 25 heavy (non-hydrogen) atoms. The number of aromatic nitrogens is 1. The zero-order valence-corrected chi connectivity index (χ0v) is 15.4. The SMILES string of the molecule is Cc1ccc(C(C)C)cc1OCC(=O)OCc1nc2ccccc2s1. The van der Waals surface area contributed by atoms with E-state index in [0.717, 1.165) is 26.5 Å². The Labute approximate surface area is 151 Å². The van der Waals surface area contributed by atoms with E-state index in [0.29, 0.717) is 5.92 Å². The molecule has 0 aliphatic carbocycles. The maximum Gasteiger partial charge on any atom is 0.344 e. The van der Waals surface area contributed by atoms with Gasteiger partial charge in [-0.3, -0.25) is 0 Å². The van der Waals surface area contributed by atoms with Crippen LogP contribution in [0.2, 0.25) is 0 Å². The predicted octanol–water partition coefficient (Wildman–Crippen LogP) is 4.85. The van der Waals surface area contributed by atoms with Crippen molar-refractivity contribution in [3.8, 4) is 5.75 Å². The topological polar surface area (TPSA) is 48.4 Å². The number of carbonyl (C=O) groups is 1. The van der Waals surface area contributed by atoms with Gasteiger partial charge in [0, 0.05) is 0 Å². The van der Waals surface area contributed by atoms with Crippen LogP contribution in [0.25, 0.3) is 10.2 Å². The minimum atomic E-state index is -0.395. The fourth-order valence-electron chi connectivity index (χ4n) is 2.43. The van der Waals surface area contributed by atoms with Gasteiger partial charge in [-0.05, 0) is 42.2 Å². The second kappa shape index (κ2) is 7.66. The number of hydrogen-bond acceptors (Lipinski definition) is 5. The number of esters is 1. The minimum absolute atomic E-state index is 0.104. The van der Waals surface area contributed by atoms with Gasteiger partial charge in [0.1, 0.15) is 17.4 Å². The molecule has 0 N–H and O–H groups in total. The smallest absolute Gasteiger partial charge is 0.344 e. The van der Waals surface area contributed by atoms with E-state index in [-0.39, 0.29) is 13.2 Å². The first-order valence-electron chi connectivity index (χ1n) is 8.26. The molecule has 3 aromatic rings. The molecular weight excluding hydrogens is 334 g/mol. The number of rotatable bonds is 6. The first kappa shape index (κ1) is 17.4.